The van der Waals surface area contributed by atoms with Crippen molar-refractivity contribution in [3.05, 3.63) is 63.2 Å². The lowest BCUT2D eigenvalue weighted by Crippen LogP contribution is -2.23. The molecular formula is C22H25N3O4S. The highest BCUT2D eigenvalue weighted by atomic mass is 32.1. The second-order valence-corrected chi connectivity index (χ2v) is 7.41. The fraction of sp³-hybridized carbons (Fsp3) is 0.318. The number of hydrogen-bond donors (Lipinski definition) is 3. The van der Waals surface area contributed by atoms with Gasteiger partial charge in [0.1, 0.15) is 0 Å². The van der Waals surface area contributed by atoms with Crippen molar-refractivity contribution < 1.29 is 14.6 Å². The van der Waals surface area contributed by atoms with Crippen LogP contribution in [-0.2, 0) is 17.9 Å². The van der Waals surface area contributed by atoms with Crippen LogP contribution < -0.4 is 15.6 Å². The van der Waals surface area contributed by atoms with Gasteiger partial charge in [-0.1, -0.05) is 24.6 Å². The molecule has 3 aromatic rings. The molecule has 1 amide bonds. The third-order valence-corrected chi connectivity index (χ3v) is 5.23. The number of aromatic nitrogens is 2. The van der Waals surface area contributed by atoms with Crippen LogP contribution in [0.25, 0.3) is 10.9 Å². The molecule has 0 aliphatic rings. The molecular weight excluding hydrogens is 402 g/mol. The highest BCUT2D eigenvalue weighted by Gasteiger charge is 2.07. The molecule has 0 fully saturated rings. The number of fused-ring (bicyclic) bond motifs is 1. The number of phenolic OH excluding ortho intramolecular Hbond substituents is 1. The number of carbonyl (C=O) groups is 1. The topological polar surface area (TPSA) is 96.4 Å². The number of hydrogen-bond acceptors (Lipinski definition) is 5. The molecule has 30 heavy (non-hydrogen) atoms. The molecule has 3 rings (SSSR count). The van der Waals surface area contributed by atoms with Crippen molar-refractivity contribution in [1.29, 1.82) is 0 Å². The number of amides is 1. The third kappa shape index (κ3) is 5.27. The lowest BCUT2D eigenvalue weighted by molar-refractivity contribution is -0.121. The van der Waals surface area contributed by atoms with Crippen molar-refractivity contribution in [2.45, 2.75) is 38.8 Å². The molecule has 0 saturated heterocycles. The number of methoxy groups -OCH3 is 1. The summed E-state index contributed by atoms with van der Waals surface area (Å²) in [5.41, 5.74) is 1.51. The molecule has 0 atom stereocenters. The Morgan fingerprint density at radius 1 is 1.20 bits per heavy atom. The Balaban J connectivity index is 1.43. The molecule has 158 valence electrons. The van der Waals surface area contributed by atoms with Gasteiger partial charge < -0.3 is 20.1 Å². The minimum absolute atomic E-state index is 0.0396. The van der Waals surface area contributed by atoms with Crippen LogP contribution in [0.3, 0.4) is 0 Å². The van der Waals surface area contributed by atoms with Crippen LogP contribution in [0.2, 0.25) is 0 Å². The minimum atomic E-state index is -0.0866. The van der Waals surface area contributed by atoms with Crippen molar-refractivity contribution >= 4 is 29.0 Å². The van der Waals surface area contributed by atoms with Gasteiger partial charge in [-0.05, 0) is 54.9 Å². The van der Waals surface area contributed by atoms with Gasteiger partial charge in [-0.2, -0.15) is 0 Å². The summed E-state index contributed by atoms with van der Waals surface area (Å²) in [6, 6.07) is 12.3. The van der Waals surface area contributed by atoms with Crippen LogP contribution in [0.15, 0.2) is 47.3 Å². The van der Waals surface area contributed by atoms with Crippen LogP contribution in [-0.4, -0.2) is 27.7 Å². The molecule has 0 radical (unpaired) electrons. The number of para-hydroxylation sites is 1. The number of carbonyl (C=O) groups excluding carboxylic acids is 1. The van der Waals surface area contributed by atoms with E-state index in [4.69, 9.17) is 17.0 Å². The molecule has 2 aromatic carbocycles. The molecule has 0 unspecified atom stereocenters. The summed E-state index contributed by atoms with van der Waals surface area (Å²) in [7, 11) is 1.48. The van der Waals surface area contributed by atoms with Gasteiger partial charge in [-0.25, -0.2) is 0 Å². The molecule has 0 saturated carbocycles. The Hall–Kier alpha value is -3.13. The average Bonchev–Trinajstić information content (AvgIpc) is 2.75. The van der Waals surface area contributed by atoms with E-state index in [1.54, 1.807) is 28.8 Å². The first-order valence-electron chi connectivity index (χ1n) is 9.84. The quantitative estimate of drug-likeness (QED) is 0.358. The number of aromatic hydroxyl groups is 1. The second kappa shape index (κ2) is 10.1. The molecule has 0 aliphatic carbocycles. The molecule has 0 aliphatic heterocycles. The van der Waals surface area contributed by atoms with Gasteiger partial charge >= 0.3 is 0 Å². The van der Waals surface area contributed by atoms with Gasteiger partial charge in [0, 0.05) is 19.5 Å². The first-order valence-corrected chi connectivity index (χ1v) is 10.2. The van der Waals surface area contributed by atoms with E-state index in [0.29, 0.717) is 35.4 Å². The van der Waals surface area contributed by atoms with E-state index < -0.39 is 0 Å². The zero-order valence-corrected chi connectivity index (χ0v) is 17.6. The molecule has 0 spiro atoms. The highest BCUT2D eigenvalue weighted by molar-refractivity contribution is 7.71. The van der Waals surface area contributed by atoms with Gasteiger partial charge in [-0.15, -0.1) is 0 Å². The predicted molar refractivity (Wildman–Crippen MR) is 118 cm³/mol. The highest BCUT2D eigenvalue weighted by Crippen LogP contribution is 2.26. The smallest absolute Gasteiger partial charge is 0.262 e. The number of H-pyrrole nitrogens is 1. The summed E-state index contributed by atoms with van der Waals surface area (Å²) >= 11 is 5.31. The van der Waals surface area contributed by atoms with Crippen LogP contribution >= 0.6 is 12.2 Å². The number of phenols is 1. The zero-order valence-electron chi connectivity index (χ0n) is 16.8. The van der Waals surface area contributed by atoms with Gasteiger partial charge in [0.25, 0.3) is 5.56 Å². The van der Waals surface area contributed by atoms with Crippen molar-refractivity contribution in [1.82, 2.24) is 14.9 Å². The van der Waals surface area contributed by atoms with E-state index in [9.17, 15) is 14.7 Å². The fourth-order valence-electron chi connectivity index (χ4n) is 3.26. The van der Waals surface area contributed by atoms with Gasteiger partial charge in [0.05, 0.1) is 18.0 Å². The van der Waals surface area contributed by atoms with Gasteiger partial charge in [0.15, 0.2) is 16.3 Å². The number of ether oxygens (including phenoxy) is 1. The summed E-state index contributed by atoms with van der Waals surface area (Å²) in [6.07, 6.45) is 2.71. The largest absolute Gasteiger partial charge is 0.504 e. The van der Waals surface area contributed by atoms with Crippen LogP contribution in [0.5, 0.6) is 11.5 Å². The first kappa shape index (κ1) is 21.6. The standard InChI is InChI=1S/C22H25N3O4S/c1-29-19-13-15(10-11-18(19)26)14-23-20(27)9-3-2-6-12-25-21(28)16-7-4-5-8-17(16)24-22(25)30/h4-5,7-8,10-11,13,26H,2-3,6,9,12,14H2,1H3,(H,23,27)(H,24,30). The molecule has 8 heteroatoms. The maximum Gasteiger partial charge on any atom is 0.262 e. The number of benzene rings is 2. The number of aromatic amines is 1. The Kier molecular flexibility index (Phi) is 7.24. The third-order valence-electron chi connectivity index (χ3n) is 4.91. The molecule has 3 N–H and O–H groups in total. The Bertz CT molecular complexity index is 1150. The predicted octanol–water partition coefficient (Wildman–Crippen LogP) is 3.65. The second-order valence-electron chi connectivity index (χ2n) is 7.03. The van der Waals surface area contributed by atoms with Crippen molar-refractivity contribution in [3.63, 3.8) is 0 Å². The number of nitrogens with one attached hydrogen (secondary N) is 2. The van der Waals surface area contributed by atoms with Crippen LogP contribution in [0, 0.1) is 4.77 Å². The Labute approximate surface area is 179 Å². The molecule has 7 nitrogen and oxygen atoms in total. The Morgan fingerprint density at radius 3 is 2.80 bits per heavy atom. The number of rotatable bonds is 9. The zero-order chi connectivity index (χ0) is 21.5. The number of nitrogens with zero attached hydrogens (tertiary/aromatic N) is 1. The summed E-state index contributed by atoms with van der Waals surface area (Å²) < 4.78 is 7.06. The maximum atomic E-state index is 12.6. The molecule has 1 aromatic heterocycles. The van der Waals surface area contributed by atoms with Crippen LogP contribution in [0.1, 0.15) is 31.2 Å². The van der Waals surface area contributed by atoms with E-state index in [1.807, 2.05) is 18.2 Å². The van der Waals surface area contributed by atoms with E-state index in [0.717, 1.165) is 30.3 Å². The molecule has 1 heterocycles. The fourth-order valence-corrected chi connectivity index (χ4v) is 3.54. The van der Waals surface area contributed by atoms with E-state index in [2.05, 4.69) is 10.3 Å². The number of unbranched alkanes of at least 4 members (excludes halogenated alkanes) is 2. The van der Waals surface area contributed by atoms with Crippen LogP contribution in [0.4, 0.5) is 0 Å². The lowest BCUT2D eigenvalue weighted by Gasteiger charge is -2.09. The monoisotopic (exact) mass is 427 g/mol. The minimum Gasteiger partial charge on any atom is -0.504 e. The van der Waals surface area contributed by atoms with E-state index in [1.165, 1.54) is 7.11 Å². The van der Waals surface area contributed by atoms with Crippen molar-refractivity contribution in [2.75, 3.05) is 7.11 Å². The van der Waals surface area contributed by atoms with Crippen molar-refractivity contribution in [3.8, 4) is 11.5 Å². The molecule has 0 bridgehead atoms. The summed E-state index contributed by atoms with van der Waals surface area (Å²) in [6.45, 7) is 0.894. The van der Waals surface area contributed by atoms with Gasteiger partial charge in [-0.3, -0.25) is 14.2 Å². The maximum absolute atomic E-state index is 12.6. The Morgan fingerprint density at radius 2 is 2.00 bits per heavy atom. The van der Waals surface area contributed by atoms with Crippen molar-refractivity contribution in [2.24, 2.45) is 0 Å². The van der Waals surface area contributed by atoms with Gasteiger partial charge in [0.2, 0.25) is 5.91 Å². The lowest BCUT2D eigenvalue weighted by atomic mass is 10.1. The normalized spacial score (nSPS) is 10.8. The first-order chi connectivity index (χ1) is 14.5. The summed E-state index contributed by atoms with van der Waals surface area (Å²) in [4.78, 5) is 27.7. The van der Waals surface area contributed by atoms with E-state index >= 15 is 0 Å². The summed E-state index contributed by atoms with van der Waals surface area (Å²) in [5, 5.41) is 13.1. The summed E-state index contributed by atoms with van der Waals surface area (Å²) in [5.74, 6) is 0.407. The SMILES string of the molecule is COc1cc(CNC(=O)CCCCCn2c(=S)[nH]c3ccccc3c2=O)ccc1O. The average molecular weight is 428 g/mol. The van der Waals surface area contributed by atoms with E-state index in [-0.39, 0.29) is 17.2 Å².